The Morgan fingerprint density at radius 3 is 2.56 bits per heavy atom. The third kappa shape index (κ3) is 5.68. The number of amides is 1. The van der Waals surface area contributed by atoms with Crippen LogP contribution < -0.4 is 14.8 Å². The number of fused-ring (bicyclic) bond motifs is 1. The number of hydrogen-bond acceptors (Lipinski definition) is 4. The number of nitriles is 1. The Hall–Kier alpha value is -4.27. The first kappa shape index (κ1) is 24.8. The Labute approximate surface area is 215 Å². The summed E-state index contributed by atoms with van der Waals surface area (Å²) < 4.78 is 12.0. The van der Waals surface area contributed by atoms with E-state index in [9.17, 15) is 10.1 Å². The van der Waals surface area contributed by atoms with E-state index in [1.54, 1.807) is 42.5 Å². The van der Waals surface area contributed by atoms with Crippen LogP contribution in [-0.2, 0) is 11.4 Å². The van der Waals surface area contributed by atoms with Gasteiger partial charge in [0.05, 0.1) is 17.3 Å². The quantitative estimate of drug-likeness (QED) is 0.205. The van der Waals surface area contributed by atoms with Crippen LogP contribution in [0, 0.1) is 18.3 Å². The fourth-order valence-corrected chi connectivity index (χ4v) is 4.04. The van der Waals surface area contributed by atoms with E-state index in [2.05, 4.69) is 36.5 Å². The Morgan fingerprint density at radius 2 is 1.78 bits per heavy atom. The highest BCUT2D eigenvalue weighted by Crippen LogP contribution is 2.32. The van der Waals surface area contributed by atoms with Crippen LogP contribution in [0.1, 0.15) is 23.6 Å². The van der Waals surface area contributed by atoms with Crippen LogP contribution in [0.2, 0.25) is 5.02 Å². The fraction of sp³-hybridized carbons (Fsp3) is 0.133. The van der Waals surface area contributed by atoms with Crippen molar-refractivity contribution in [2.24, 2.45) is 0 Å². The van der Waals surface area contributed by atoms with Gasteiger partial charge in [0.25, 0.3) is 5.91 Å². The van der Waals surface area contributed by atoms with Crippen LogP contribution in [0.25, 0.3) is 16.8 Å². The number of aryl methyl sites for hydroxylation is 1. The maximum Gasteiger partial charge on any atom is 0.266 e. The first-order chi connectivity index (χ1) is 17.5. The van der Waals surface area contributed by atoms with Gasteiger partial charge in [0.15, 0.2) is 11.5 Å². The van der Waals surface area contributed by atoms with E-state index in [0.717, 1.165) is 21.9 Å². The molecular weight excluding hydrogens is 472 g/mol. The SMILES string of the molecule is CCOc1cc(/C=C(\C#N)C(=O)Nc2ccccc2Cl)ccc1OCc1c(C)ccc2ccccc12. The molecule has 0 aromatic heterocycles. The van der Waals surface area contributed by atoms with Crippen LogP contribution in [0.15, 0.2) is 84.4 Å². The van der Waals surface area contributed by atoms with Crippen molar-refractivity contribution >= 4 is 40.0 Å². The minimum absolute atomic E-state index is 0.0579. The molecule has 5 nitrogen and oxygen atoms in total. The molecule has 1 N–H and O–H groups in total. The lowest BCUT2D eigenvalue weighted by Crippen LogP contribution is -2.13. The highest BCUT2D eigenvalue weighted by atomic mass is 35.5. The highest BCUT2D eigenvalue weighted by molar-refractivity contribution is 6.34. The van der Waals surface area contributed by atoms with Crippen molar-refractivity contribution in [1.82, 2.24) is 0 Å². The Kier molecular flexibility index (Phi) is 7.89. The molecule has 4 aromatic carbocycles. The molecule has 0 aliphatic carbocycles. The number of ether oxygens (including phenoxy) is 2. The monoisotopic (exact) mass is 496 g/mol. The van der Waals surface area contributed by atoms with E-state index in [1.807, 2.05) is 25.1 Å². The molecule has 36 heavy (non-hydrogen) atoms. The molecule has 1 amide bonds. The number of nitrogens with one attached hydrogen (secondary N) is 1. The summed E-state index contributed by atoms with van der Waals surface area (Å²) in [5.74, 6) is 0.573. The number of rotatable bonds is 8. The van der Waals surface area contributed by atoms with Crippen LogP contribution in [0.4, 0.5) is 5.69 Å². The number of para-hydroxylation sites is 1. The van der Waals surface area contributed by atoms with Gasteiger partial charge < -0.3 is 14.8 Å². The van der Waals surface area contributed by atoms with Crippen LogP contribution in [0.5, 0.6) is 11.5 Å². The molecular formula is C30H25ClN2O3. The van der Waals surface area contributed by atoms with Crippen molar-refractivity contribution in [2.75, 3.05) is 11.9 Å². The van der Waals surface area contributed by atoms with Crippen molar-refractivity contribution in [3.8, 4) is 17.6 Å². The lowest BCUT2D eigenvalue weighted by Gasteiger charge is -2.15. The van der Waals surface area contributed by atoms with Crippen molar-refractivity contribution in [3.63, 3.8) is 0 Å². The number of hydrogen-bond donors (Lipinski definition) is 1. The van der Waals surface area contributed by atoms with Gasteiger partial charge in [-0.15, -0.1) is 0 Å². The smallest absolute Gasteiger partial charge is 0.266 e. The van der Waals surface area contributed by atoms with E-state index in [4.69, 9.17) is 21.1 Å². The number of nitrogens with zero attached hydrogens (tertiary/aromatic N) is 1. The molecule has 0 unspecified atom stereocenters. The number of carbonyl (C=O) groups is 1. The summed E-state index contributed by atoms with van der Waals surface area (Å²) in [7, 11) is 0. The average molecular weight is 497 g/mol. The molecule has 4 rings (SSSR count). The van der Waals surface area contributed by atoms with Gasteiger partial charge in [-0.3, -0.25) is 4.79 Å². The molecule has 0 saturated carbocycles. The van der Waals surface area contributed by atoms with Gasteiger partial charge >= 0.3 is 0 Å². The average Bonchev–Trinajstić information content (AvgIpc) is 2.89. The highest BCUT2D eigenvalue weighted by Gasteiger charge is 2.13. The Bertz CT molecular complexity index is 1490. The molecule has 0 fully saturated rings. The van der Waals surface area contributed by atoms with Crippen molar-refractivity contribution < 1.29 is 14.3 Å². The van der Waals surface area contributed by atoms with E-state index in [1.165, 1.54) is 6.08 Å². The summed E-state index contributed by atoms with van der Waals surface area (Å²) in [5.41, 5.74) is 3.28. The van der Waals surface area contributed by atoms with E-state index in [-0.39, 0.29) is 5.57 Å². The molecule has 0 aliphatic heterocycles. The second-order valence-corrected chi connectivity index (χ2v) is 8.52. The first-order valence-electron chi connectivity index (χ1n) is 11.5. The van der Waals surface area contributed by atoms with Crippen molar-refractivity contribution in [1.29, 1.82) is 5.26 Å². The third-order valence-electron chi connectivity index (χ3n) is 5.71. The van der Waals surface area contributed by atoms with Gasteiger partial charge in [-0.1, -0.05) is 66.2 Å². The lowest BCUT2D eigenvalue weighted by molar-refractivity contribution is -0.112. The Balaban J connectivity index is 1.57. The maximum atomic E-state index is 12.7. The van der Waals surface area contributed by atoms with Crippen LogP contribution in [0.3, 0.4) is 0 Å². The zero-order chi connectivity index (χ0) is 25.5. The summed E-state index contributed by atoms with van der Waals surface area (Å²) in [6.45, 7) is 4.78. The van der Waals surface area contributed by atoms with Gasteiger partial charge in [0.1, 0.15) is 18.2 Å². The molecule has 0 spiro atoms. The molecule has 4 aromatic rings. The topological polar surface area (TPSA) is 71.3 Å². The maximum absolute atomic E-state index is 12.7. The van der Waals surface area contributed by atoms with Crippen LogP contribution in [-0.4, -0.2) is 12.5 Å². The first-order valence-corrected chi connectivity index (χ1v) is 11.9. The summed E-state index contributed by atoms with van der Waals surface area (Å²) in [5, 5.41) is 15.0. The van der Waals surface area contributed by atoms with Crippen molar-refractivity contribution in [2.45, 2.75) is 20.5 Å². The van der Waals surface area contributed by atoms with Crippen LogP contribution >= 0.6 is 11.6 Å². The fourth-order valence-electron chi connectivity index (χ4n) is 3.86. The normalized spacial score (nSPS) is 11.1. The van der Waals surface area contributed by atoms with E-state index < -0.39 is 5.91 Å². The number of halogens is 1. The largest absolute Gasteiger partial charge is 0.490 e. The summed E-state index contributed by atoms with van der Waals surface area (Å²) in [4.78, 5) is 12.7. The predicted octanol–water partition coefficient (Wildman–Crippen LogP) is 7.33. The molecule has 0 radical (unpaired) electrons. The minimum Gasteiger partial charge on any atom is -0.490 e. The zero-order valence-corrected chi connectivity index (χ0v) is 20.8. The second kappa shape index (κ2) is 11.4. The molecule has 0 atom stereocenters. The molecule has 180 valence electrons. The lowest BCUT2D eigenvalue weighted by atomic mass is 10.0. The van der Waals surface area contributed by atoms with Gasteiger partial charge in [0, 0.05) is 5.56 Å². The summed E-state index contributed by atoms with van der Waals surface area (Å²) >= 11 is 6.12. The van der Waals surface area contributed by atoms with Gasteiger partial charge in [-0.25, -0.2) is 0 Å². The second-order valence-electron chi connectivity index (χ2n) is 8.11. The number of anilines is 1. The summed E-state index contributed by atoms with van der Waals surface area (Å²) in [6.07, 6.45) is 1.51. The predicted molar refractivity (Wildman–Crippen MR) is 144 cm³/mol. The number of carbonyl (C=O) groups excluding carboxylic acids is 1. The van der Waals surface area contributed by atoms with Gasteiger partial charge in [0.2, 0.25) is 0 Å². The Morgan fingerprint density at radius 1 is 1.00 bits per heavy atom. The van der Waals surface area contributed by atoms with Gasteiger partial charge in [-0.2, -0.15) is 5.26 Å². The summed E-state index contributed by atoms with van der Waals surface area (Å²) in [6, 6.07) is 26.6. The molecule has 0 bridgehead atoms. The standard InChI is InChI=1S/C30H25ClN2O3/c1-3-35-29-17-21(16-23(18-32)30(34)33-27-11-7-6-10-26(27)31)13-15-28(29)36-19-25-20(2)12-14-22-8-4-5-9-24(22)25/h4-17H,3,19H2,1-2H3,(H,33,34)/b23-16+. The van der Waals surface area contributed by atoms with E-state index >= 15 is 0 Å². The molecule has 0 aliphatic rings. The van der Waals surface area contributed by atoms with Gasteiger partial charge in [-0.05, 0) is 66.1 Å². The zero-order valence-electron chi connectivity index (χ0n) is 20.0. The minimum atomic E-state index is -0.546. The van der Waals surface area contributed by atoms with Crippen molar-refractivity contribution in [3.05, 3.63) is 106 Å². The molecule has 0 saturated heterocycles. The van der Waals surface area contributed by atoms with E-state index in [0.29, 0.717) is 41.0 Å². The third-order valence-corrected chi connectivity index (χ3v) is 6.04. The molecule has 6 heteroatoms. The molecule has 0 heterocycles. The number of benzene rings is 4.